The minimum atomic E-state index is 0.261. The molecule has 3 rings (SSSR count). The maximum Gasteiger partial charge on any atom is 0.223 e. The number of benzene rings is 1. The van der Waals surface area contributed by atoms with Crippen LogP contribution in [0.15, 0.2) is 24.3 Å². The summed E-state index contributed by atoms with van der Waals surface area (Å²) in [6.07, 6.45) is 5.73. The molecule has 0 aromatic heterocycles. The van der Waals surface area contributed by atoms with Gasteiger partial charge < -0.3 is 10.4 Å². The summed E-state index contributed by atoms with van der Waals surface area (Å²) in [7, 11) is 0. The first kappa shape index (κ1) is 15.3. The summed E-state index contributed by atoms with van der Waals surface area (Å²) >= 11 is 0. The topological polar surface area (TPSA) is 52.6 Å². The van der Waals surface area contributed by atoms with Crippen molar-refractivity contribution in [1.82, 2.24) is 10.2 Å². The van der Waals surface area contributed by atoms with Crippen molar-refractivity contribution in [3.8, 4) is 5.75 Å². The number of nitrogens with zero attached hydrogens (tertiary/aromatic N) is 1. The molecule has 1 heterocycles. The highest BCUT2D eigenvalue weighted by molar-refractivity contribution is 5.79. The molecule has 4 nitrogen and oxygen atoms in total. The Morgan fingerprint density at radius 2 is 2.14 bits per heavy atom. The highest BCUT2D eigenvalue weighted by atomic mass is 16.3. The van der Waals surface area contributed by atoms with Crippen molar-refractivity contribution < 1.29 is 9.90 Å². The van der Waals surface area contributed by atoms with Crippen molar-refractivity contribution >= 4 is 5.91 Å². The molecule has 2 aliphatic rings. The number of phenolic OH excluding ortho intramolecular Hbond substituents is 1. The lowest BCUT2D eigenvalue weighted by Gasteiger charge is -2.33. The third kappa shape index (κ3) is 4.01. The van der Waals surface area contributed by atoms with E-state index < -0.39 is 0 Å². The number of carbonyl (C=O) groups is 1. The highest BCUT2D eigenvalue weighted by Gasteiger charge is 2.26. The molecule has 1 saturated heterocycles. The van der Waals surface area contributed by atoms with E-state index in [1.54, 1.807) is 6.07 Å². The Labute approximate surface area is 132 Å². The van der Waals surface area contributed by atoms with Gasteiger partial charge in [0.05, 0.1) is 0 Å². The van der Waals surface area contributed by atoms with Crippen LogP contribution in [0.4, 0.5) is 0 Å². The lowest BCUT2D eigenvalue weighted by atomic mass is 9.84. The van der Waals surface area contributed by atoms with Crippen LogP contribution in [0.25, 0.3) is 0 Å². The van der Waals surface area contributed by atoms with E-state index in [4.69, 9.17) is 0 Å². The Morgan fingerprint density at radius 3 is 2.86 bits per heavy atom. The number of nitrogens with one attached hydrogen (secondary N) is 1. The normalized spacial score (nSPS) is 23.0. The van der Waals surface area contributed by atoms with Crippen LogP contribution >= 0.6 is 0 Å². The van der Waals surface area contributed by atoms with Crippen LogP contribution in [0.2, 0.25) is 0 Å². The quantitative estimate of drug-likeness (QED) is 0.879. The fourth-order valence-corrected chi connectivity index (χ4v) is 3.43. The van der Waals surface area contributed by atoms with Gasteiger partial charge in [-0.15, -0.1) is 0 Å². The Hall–Kier alpha value is -1.55. The summed E-state index contributed by atoms with van der Waals surface area (Å²) in [6, 6.07) is 7.49. The van der Waals surface area contributed by atoms with Gasteiger partial charge in [0.25, 0.3) is 0 Å². The van der Waals surface area contributed by atoms with Crippen molar-refractivity contribution in [2.45, 2.75) is 38.6 Å². The van der Waals surface area contributed by atoms with Crippen molar-refractivity contribution in [3.63, 3.8) is 0 Å². The van der Waals surface area contributed by atoms with Gasteiger partial charge in [0.2, 0.25) is 5.91 Å². The first-order valence-corrected chi connectivity index (χ1v) is 8.48. The molecule has 1 aliphatic heterocycles. The molecule has 1 atom stereocenters. The minimum absolute atomic E-state index is 0.261. The van der Waals surface area contributed by atoms with Crippen LogP contribution in [-0.2, 0) is 11.3 Å². The summed E-state index contributed by atoms with van der Waals surface area (Å²) in [5.74, 6) is 1.43. The molecule has 1 aliphatic carbocycles. The van der Waals surface area contributed by atoms with Crippen LogP contribution in [0, 0.1) is 11.8 Å². The van der Waals surface area contributed by atoms with Crippen molar-refractivity contribution in [3.05, 3.63) is 29.8 Å². The monoisotopic (exact) mass is 302 g/mol. The van der Waals surface area contributed by atoms with Gasteiger partial charge >= 0.3 is 0 Å². The second-order valence-electron chi connectivity index (χ2n) is 6.79. The number of rotatable bonds is 5. The van der Waals surface area contributed by atoms with Crippen LogP contribution in [0.1, 0.15) is 37.7 Å². The molecule has 2 fully saturated rings. The minimum Gasteiger partial charge on any atom is -0.508 e. The van der Waals surface area contributed by atoms with Crippen molar-refractivity contribution in [2.75, 3.05) is 19.6 Å². The van der Waals surface area contributed by atoms with E-state index in [0.29, 0.717) is 11.7 Å². The SMILES string of the molecule is O=C(NC[C@H]1CCCN(Cc2cccc(O)c2)C1)C1CCC1. The average molecular weight is 302 g/mol. The Bertz CT molecular complexity index is 514. The summed E-state index contributed by atoms with van der Waals surface area (Å²) in [4.78, 5) is 14.4. The number of hydrogen-bond donors (Lipinski definition) is 2. The summed E-state index contributed by atoms with van der Waals surface area (Å²) < 4.78 is 0. The smallest absolute Gasteiger partial charge is 0.223 e. The molecule has 0 bridgehead atoms. The fourth-order valence-electron chi connectivity index (χ4n) is 3.43. The predicted molar refractivity (Wildman–Crippen MR) is 86.5 cm³/mol. The number of piperidine rings is 1. The zero-order chi connectivity index (χ0) is 15.4. The third-order valence-electron chi connectivity index (χ3n) is 4.96. The average Bonchev–Trinajstić information content (AvgIpc) is 2.44. The summed E-state index contributed by atoms with van der Waals surface area (Å²) in [5, 5.41) is 12.7. The maximum absolute atomic E-state index is 11.9. The molecule has 22 heavy (non-hydrogen) atoms. The molecule has 1 aromatic carbocycles. The lowest BCUT2D eigenvalue weighted by Crippen LogP contribution is -2.42. The highest BCUT2D eigenvalue weighted by Crippen LogP contribution is 2.26. The third-order valence-corrected chi connectivity index (χ3v) is 4.96. The van der Waals surface area contributed by atoms with E-state index in [1.165, 1.54) is 19.3 Å². The Morgan fingerprint density at radius 1 is 1.27 bits per heavy atom. The first-order chi connectivity index (χ1) is 10.7. The molecular weight excluding hydrogens is 276 g/mol. The molecule has 1 amide bonds. The molecule has 0 spiro atoms. The van der Waals surface area contributed by atoms with Gasteiger partial charge in [-0.1, -0.05) is 18.6 Å². The Balaban J connectivity index is 1.45. The van der Waals surface area contributed by atoms with Gasteiger partial charge in [0.15, 0.2) is 0 Å². The number of hydrogen-bond acceptors (Lipinski definition) is 3. The standard InChI is InChI=1S/C18H26N2O2/c21-17-8-1-4-14(10-17)12-20-9-3-5-15(13-20)11-19-18(22)16-6-2-7-16/h1,4,8,10,15-16,21H,2-3,5-7,9,11-13H2,(H,19,22)/t15-/m1/s1. The Kier molecular flexibility index (Phi) is 4.98. The molecular formula is C18H26N2O2. The van der Waals surface area contributed by atoms with E-state index in [-0.39, 0.29) is 11.8 Å². The predicted octanol–water partition coefficient (Wildman–Crippen LogP) is 2.52. The van der Waals surface area contributed by atoms with Crippen LogP contribution in [0.3, 0.4) is 0 Å². The molecule has 1 aromatic rings. The van der Waals surface area contributed by atoms with Gasteiger partial charge in [-0.2, -0.15) is 0 Å². The zero-order valence-electron chi connectivity index (χ0n) is 13.1. The van der Waals surface area contributed by atoms with Gasteiger partial charge in [0, 0.05) is 25.6 Å². The second kappa shape index (κ2) is 7.14. The van der Waals surface area contributed by atoms with Crippen molar-refractivity contribution in [1.29, 1.82) is 0 Å². The van der Waals surface area contributed by atoms with Gasteiger partial charge in [-0.05, 0) is 55.8 Å². The van der Waals surface area contributed by atoms with Crippen LogP contribution < -0.4 is 5.32 Å². The van der Waals surface area contributed by atoms with E-state index in [9.17, 15) is 9.90 Å². The second-order valence-corrected chi connectivity index (χ2v) is 6.79. The fraction of sp³-hybridized carbons (Fsp3) is 0.611. The number of likely N-dealkylation sites (tertiary alicyclic amines) is 1. The van der Waals surface area contributed by atoms with Crippen LogP contribution in [0.5, 0.6) is 5.75 Å². The molecule has 0 unspecified atom stereocenters. The number of carbonyl (C=O) groups excluding carboxylic acids is 1. The summed E-state index contributed by atoms with van der Waals surface area (Å²) in [5.41, 5.74) is 1.15. The molecule has 0 radical (unpaired) electrons. The largest absolute Gasteiger partial charge is 0.508 e. The van der Waals surface area contributed by atoms with E-state index in [0.717, 1.165) is 44.6 Å². The number of amides is 1. The number of phenols is 1. The first-order valence-electron chi connectivity index (χ1n) is 8.48. The van der Waals surface area contributed by atoms with Crippen LogP contribution in [-0.4, -0.2) is 35.5 Å². The zero-order valence-corrected chi connectivity index (χ0v) is 13.1. The molecule has 4 heteroatoms. The van der Waals surface area contributed by atoms with Crippen molar-refractivity contribution in [2.24, 2.45) is 11.8 Å². The molecule has 2 N–H and O–H groups in total. The van der Waals surface area contributed by atoms with Gasteiger partial charge in [-0.25, -0.2) is 0 Å². The van der Waals surface area contributed by atoms with E-state index in [2.05, 4.69) is 16.3 Å². The van der Waals surface area contributed by atoms with Gasteiger partial charge in [-0.3, -0.25) is 9.69 Å². The number of aromatic hydroxyl groups is 1. The molecule has 120 valence electrons. The van der Waals surface area contributed by atoms with Gasteiger partial charge in [0.1, 0.15) is 5.75 Å². The maximum atomic E-state index is 11.9. The summed E-state index contributed by atoms with van der Waals surface area (Å²) in [6.45, 7) is 3.82. The molecule has 1 saturated carbocycles. The lowest BCUT2D eigenvalue weighted by molar-refractivity contribution is -0.127. The van der Waals surface area contributed by atoms with E-state index >= 15 is 0 Å². The van der Waals surface area contributed by atoms with E-state index in [1.807, 2.05) is 12.1 Å².